The molecular weight excluding hydrogens is 260 g/mol. The Hall–Kier alpha value is -1.59. The van der Waals surface area contributed by atoms with Gasteiger partial charge in [-0.1, -0.05) is 13.8 Å². The predicted octanol–water partition coefficient (Wildman–Crippen LogP) is 1.00. The average molecular weight is 284 g/mol. The van der Waals surface area contributed by atoms with Crippen LogP contribution in [0.4, 0.5) is 0 Å². The summed E-state index contributed by atoms with van der Waals surface area (Å²) >= 11 is 0. The lowest BCUT2D eigenvalue weighted by atomic mass is 9.85. The highest BCUT2D eigenvalue weighted by molar-refractivity contribution is 5.78. The molecule has 20 heavy (non-hydrogen) atoms. The summed E-state index contributed by atoms with van der Waals surface area (Å²) in [6.07, 6.45) is 1.74. The molecule has 0 aromatic heterocycles. The van der Waals surface area contributed by atoms with E-state index >= 15 is 0 Å². The lowest BCUT2D eigenvalue weighted by Crippen LogP contribution is -2.46. The third-order valence-corrected chi connectivity index (χ3v) is 3.51. The molecule has 1 aliphatic heterocycles. The van der Waals surface area contributed by atoms with Gasteiger partial charge in [-0.05, 0) is 18.3 Å². The molecule has 114 valence electrons. The number of hydrogen-bond donors (Lipinski definition) is 2. The number of carboxylic acid groups (broad SMARTS) is 1. The monoisotopic (exact) mass is 284 g/mol. The Morgan fingerprint density at radius 3 is 2.20 bits per heavy atom. The van der Waals surface area contributed by atoms with Crippen molar-refractivity contribution in [3.63, 3.8) is 0 Å². The van der Waals surface area contributed by atoms with E-state index < -0.39 is 11.4 Å². The van der Waals surface area contributed by atoms with Crippen molar-refractivity contribution in [2.24, 2.45) is 5.41 Å². The summed E-state index contributed by atoms with van der Waals surface area (Å²) in [6, 6.07) is 0.142. The van der Waals surface area contributed by atoms with Crippen LogP contribution in [0.5, 0.6) is 0 Å². The van der Waals surface area contributed by atoms with Crippen molar-refractivity contribution in [1.29, 1.82) is 0 Å². The Morgan fingerprint density at radius 1 is 1.20 bits per heavy atom. The summed E-state index contributed by atoms with van der Waals surface area (Å²) in [5.74, 6) is -0.929. The Balaban J connectivity index is 2.43. The number of hydrogen-bond acceptors (Lipinski definition) is 3. The van der Waals surface area contributed by atoms with Crippen LogP contribution in [0.1, 0.15) is 46.5 Å². The van der Waals surface area contributed by atoms with Crippen LogP contribution in [0.2, 0.25) is 0 Å². The van der Waals surface area contributed by atoms with Crippen LogP contribution in [0.3, 0.4) is 0 Å². The third-order valence-electron chi connectivity index (χ3n) is 3.51. The summed E-state index contributed by atoms with van der Waals surface area (Å²) in [7, 11) is 0. The standard InChI is InChI=1S/C14H24N2O4/c1-10(17)15-11-4-6-16(7-5-11)12(18)8-14(2,3)9-13(19)20/h11H,4-9H2,1-3H3,(H,15,17)(H,19,20). The Bertz CT molecular complexity index is 385. The van der Waals surface area contributed by atoms with E-state index in [0.29, 0.717) is 13.1 Å². The maximum absolute atomic E-state index is 12.2. The zero-order valence-electron chi connectivity index (χ0n) is 12.4. The number of carbonyl (C=O) groups excluding carboxylic acids is 2. The van der Waals surface area contributed by atoms with Gasteiger partial charge >= 0.3 is 5.97 Å². The molecule has 0 aliphatic carbocycles. The molecule has 0 saturated carbocycles. The van der Waals surface area contributed by atoms with Gasteiger partial charge in [0.15, 0.2) is 0 Å². The van der Waals surface area contributed by atoms with Crippen molar-refractivity contribution in [2.75, 3.05) is 13.1 Å². The average Bonchev–Trinajstić information content (AvgIpc) is 2.26. The first-order valence-electron chi connectivity index (χ1n) is 6.96. The van der Waals surface area contributed by atoms with Crippen LogP contribution >= 0.6 is 0 Å². The van der Waals surface area contributed by atoms with E-state index in [1.54, 1.807) is 18.7 Å². The molecule has 1 saturated heterocycles. The maximum atomic E-state index is 12.2. The van der Waals surface area contributed by atoms with Crippen LogP contribution < -0.4 is 5.32 Å². The van der Waals surface area contributed by atoms with E-state index in [-0.39, 0.29) is 30.7 Å². The van der Waals surface area contributed by atoms with Gasteiger partial charge in [-0.2, -0.15) is 0 Å². The molecule has 0 unspecified atom stereocenters. The SMILES string of the molecule is CC(=O)NC1CCN(C(=O)CC(C)(C)CC(=O)O)CC1. The number of aliphatic carboxylic acids is 1. The summed E-state index contributed by atoms with van der Waals surface area (Å²) in [5.41, 5.74) is -0.530. The van der Waals surface area contributed by atoms with Gasteiger partial charge in [0.1, 0.15) is 0 Å². The fourth-order valence-corrected chi connectivity index (χ4v) is 2.55. The second kappa shape index (κ2) is 6.72. The first-order valence-corrected chi connectivity index (χ1v) is 6.96. The van der Waals surface area contributed by atoms with Crippen molar-refractivity contribution in [2.45, 2.75) is 52.5 Å². The Kier molecular flexibility index (Phi) is 5.53. The molecule has 0 aromatic rings. The minimum atomic E-state index is -0.882. The Morgan fingerprint density at radius 2 is 1.75 bits per heavy atom. The number of likely N-dealkylation sites (tertiary alicyclic amines) is 1. The van der Waals surface area contributed by atoms with E-state index in [1.807, 2.05) is 0 Å². The third kappa shape index (κ3) is 5.59. The first kappa shape index (κ1) is 16.5. The Labute approximate surface area is 119 Å². The molecule has 6 nitrogen and oxygen atoms in total. The molecule has 0 radical (unpaired) electrons. The zero-order chi connectivity index (χ0) is 15.3. The number of carbonyl (C=O) groups is 3. The number of rotatable bonds is 5. The van der Waals surface area contributed by atoms with Crippen molar-refractivity contribution in [3.8, 4) is 0 Å². The predicted molar refractivity (Wildman–Crippen MR) is 74.1 cm³/mol. The maximum Gasteiger partial charge on any atom is 0.303 e. The molecule has 2 amide bonds. The second-order valence-electron chi connectivity index (χ2n) is 6.27. The van der Waals surface area contributed by atoms with Gasteiger partial charge in [-0.3, -0.25) is 14.4 Å². The van der Waals surface area contributed by atoms with E-state index in [2.05, 4.69) is 5.32 Å². The van der Waals surface area contributed by atoms with Crippen LogP contribution in [-0.4, -0.2) is 46.9 Å². The van der Waals surface area contributed by atoms with Crippen LogP contribution in [0, 0.1) is 5.41 Å². The van der Waals surface area contributed by atoms with E-state index in [4.69, 9.17) is 5.11 Å². The van der Waals surface area contributed by atoms with Gasteiger partial charge in [-0.15, -0.1) is 0 Å². The molecule has 0 spiro atoms. The fourth-order valence-electron chi connectivity index (χ4n) is 2.55. The molecular formula is C14H24N2O4. The van der Waals surface area contributed by atoms with E-state index in [0.717, 1.165) is 12.8 Å². The van der Waals surface area contributed by atoms with E-state index in [1.165, 1.54) is 6.92 Å². The van der Waals surface area contributed by atoms with Gasteiger partial charge < -0.3 is 15.3 Å². The van der Waals surface area contributed by atoms with Crippen LogP contribution in [0.15, 0.2) is 0 Å². The van der Waals surface area contributed by atoms with E-state index in [9.17, 15) is 14.4 Å². The lowest BCUT2D eigenvalue weighted by Gasteiger charge is -2.34. The molecule has 1 aliphatic rings. The van der Waals surface area contributed by atoms with Crippen LogP contribution in [0.25, 0.3) is 0 Å². The molecule has 0 bridgehead atoms. The second-order valence-corrected chi connectivity index (χ2v) is 6.27. The van der Waals surface area contributed by atoms with Crippen molar-refractivity contribution >= 4 is 17.8 Å². The van der Waals surface area contributed by atoms with Crippen LogP contribution in [-0.2, 0) is 14.4 Å². The number of nitrogens with one attached hydrogen (secondary N) is 1. The fraction of sp³-hybridized carbons (Fsp3) is 0.786. The van der Waals surface area contributed by atoms with Gasteiger partial charge in [0.2, 0.25) is 11.8 Å². The van der Waals surface area contributed by atoms with Gasteiger partial charge in [-0.25, -0.2) is 0 Å². The minimum Gasteiger partial charge on any atom is -0.481 e. The van der Waals surface area contributed by atoms with Crippen molar-refractivity contribution in [1.82, 2.24) is 10.2 Å². The highest BCUT2D eigenvalue weighted by Gasteiger charge is 2.29. The molecule has 0 aromatic carbocycles. The number of nitrogens with zero attached hydrogens (tertiary/aromatic N) is 1. The largest absolute Gasteiger partial charge is 0.481 e. The molecule has 1 heterocycles. The quantitative estimate of drug-likeness (QED) is 0.788. The highest BCUT2D eigenvalue weighted by atomic mass is 16.4. The van der Waals surface area contributed by atoms with Gasteiger partial charge in [0.25, 0.3) is 0 Å². The smallest absolute Gasteiger partial charge is 0.303 e. The van der Waals surface area contributed by atoms with Crippen molar-refractivity contribution in [3.05, 3.63) is 0 Å². The molecule has 1 fully saturated rings. The van der Waals surface area contributed by atoms with Crippen molar-refractivity contribution < 1.29 is 19.5 Å². The molecule has 2 N–H and O–H groups in total. The number of amides is 2. The van der Waals surface area contributed by atoms with Gasteiger partial charge in [0.05, 0.1) is 6.42 Å². The highest BCUT2D eigenvalue weighted by Crippen LogP contribution is 2.26. The summed E-state index contributed by atoms with van der Waals surface area (Å²) in [5, 5.41) is 11.7. The number of carboxylic acids is 1. The first-order chi connectivity index (χ1) is 9.19. The molecule has 0 atom stereocenters. The minimum absolute atomic E-state index is 0.00229. The summed E-state index contributed by atoms with van der Waals surface area (Å²) in [4.78, 5) is 35.7. The lowest BCUT2D eigenvalue weighted by molar-refractivity contribution is -0.141. The normalized spacial score (nSPS) is 16.9. The number of piperidine rings is 1. The zero-order valence-corrected chi connectivity index (χ0v) is 12.4. The summed E-state index contributed by atoms with van der Waals surface area (Å²) < 4.78 is 0. The van der Waals surface area contributed by atoms with Gasteiger partial charge in [0, 0.05) is 32.5 Å². The molecule has 6 heteroatoms. The summed E-state index contributed by atoms with van der Waals surface area (Å²) in [6.45, 7) is 6.32. The topological polar surface area (TPSA) is 86.7 Å². The molecule has 1 rings (SSSR count).